The number of rotatable bonds is 5. The number of anilines is 1. The third kappa shape index (κ3) is 2.75. The molecule has 6 heteroatoms. The zero-order chi connectivity index (χ0) is 17.3. The number of aryl methyl sites for hydroxylation is 2. The molecule has 0 aliphatic carbocycles. The number of amides is 1. The lowest BCUT2D eigenvalue weighted by atomic mass is 9.85. The molecule has 6 nitrogen and oxygen atoms in total. The largest absolute Gasteiger partial charge is 0.493 e. The number of carbonyl (C=O) groups excluding carboxylic acids is 1. The molecule has 0 fully saturated rings. The van der Waals surface area contributed by atoms with E-state index in [1.165, 1.54) is 0 Å². The first-order chi connectivity index (χ1) is 11.5. The first kappa shape index (κ1) is 16.1. The molecule has 0 spiro atoms. The van der Waals surface area contributed by atoms with Crippen molar-refractivity contribution in [2.75, 3.05) is 19.0 Å². The van der Waals surface area contributed by atoms with Crippen LogP contribution in [0.5, 0.6) is 11.5 Å². The normalized spacial score (nSPS) is 16.3. The second-order valence-corrected chi connectivity index (χ2v) is 5.79. The number of ether oxygens (including phenoxy) is 2. The number of fused-ring (bicyclic) bond motifs is 1. The summed E-state index contributed by atoms with van der Waals surface area (Å²) < 4.78 is 12.8. The van der Waals surface area contributed by atoms with E-state index in [9.17, 15) is 4.79 Å². The Bertz CT molecular complexity index is 795. The quantitative estimate of drug-likeness (QED) is 0.858. The fraction of sp³-hybridized carbons (Fsp3) is 0.333. The number of aromatic nitrogens is 2. The first-order valence-corrected chi connectivity index (χ1v) is 7.80. The Labute approximate surface area is 141 Å². The molecule has 126 valence electrons. The third-order valence-corrected chi connectivity index (χ3v) is 4.21. The Balaban J connectivity index is 2.03. The van der Waals surface area contributed by atoms with E-state index in [-0.39, 0.29) is 11.8 Å². The van der Waals surface area contributed by atoms with Crippen molar-refractivity contribution in [2.45, 2.75) is 19.3 Å². The molecule has 1 aromatic heterocycles. The highest BCUT2D eigenvalue weighted by molar-refractivity contribution is 5.94. The fourth-order valence-electron chi connectivity index (χ4n) is 3.16. The molecule has 1 aliphatic rings. The van der Waals surface area contributed by atoms with Gasteiger partial charge in [0.1, 0.15) is 12.4 Å². The van der Waals surface area contributed by atoms with Crippen LogP contribution in [0, 0.1) is 6.92 Å². The summed E-state index contributed by atoms with van der Waals surface area (Å²) in [6, 6.07) is 5.77. The van der Waals surface area contributed by atoms with E-state index in [2.05, 4.69) is 17.0 Å². The summed E-state index contributed by atoms with van der Waals surface area (Å²) >= 11 is 0. The van der Waals surface area contributed by atoms with Gasteiger partial charge in [-0.2, -0.15) is 5.10 Å². The van der Waals surface area contributed by atoms with E-state index in [1.807, 2.05) is 32.2 Å². The Kier molecular flexibility index (Phi) is 4.29. The van der Waals surface area contributed by atoms with Crippen LogP contribution in [-0.4, -0.2) is 29.4 Å². The summed E-state index contributed by atoms with van der Waals surface area (Å²) in [6.07, 6.45) is 2.07. The first-order valence-electron chi connectivity index (χ1n) is 7.80. The molecule has 1 N–H and O–H groups in total. The van der Waals surface area contributed by atoms with Gasteiger partial charge >= 0.3 is 0 Å². The van der Waals surface area contributed by atoms with Crippen LogP contribution >= 0.6 is 0 Å². The van der Waals surface area contributed by atoms with Crippen LogP contribution in [0.1, 0.15) is 29.2 Å². The van der Waals surface area contributed by atoms with Crippen molar-refractivity contribution in [3.05, 3.63) is 47.7 Å². The molecule has 0 saturated heterocycles. The van der Waals surface area contributed by atoms with E-state index in [0.29, 0.717) is 24.5 Å². The van der Waals surface area contributed by atoms with E-state index in [1.54, 1.807) is 17.9 Å². The van der Waals surface area contributed by atoms with Crippen molar-refractivity contribution in [3.63, 3.8) is 0 Å². The number of methoxy groups -OCH3 is 1. The maximum Gasteiger partial charge on any atom is 0.226 e. The molecule has 0 saturated carbocycles. The Morgan fingerprint density at radius 3 is 2.96 bits per heavy atom. The van der Waals surface area contributed by atoms with Gasteiger partial charge < -0.3 is 14.8 Å². The molecule has 3 rings (SSSR count). The minimum Gasteiger partial charge on any atom is -0.493 e. The standard InChI is InChI=1S/C18H21N3O3/c1-5-8-24-14-7-6-12(9-15(14)23-4)13-10-16(22)19-18-17(13)11(2)20-21(18)3/h5-7,9,13H,1,8,10H2,2-4H3,(H,19,22)/t13-/m0/s1. The van der Waals surface area contributed by atoms with E-state index >= 15 is 0 Å². The Morgan fingerprint density at radius 2 is 2.25 bits per heavy atom. The van der Waals surface area contributed by atoms with Gasteiger partial charge in [-0.05, 0) is 24.6 Å². The van der Waals surface area contributed by atoms with Crippen LogP contribution in [0.4, 0.5) is 5.82 Å². The second kappa shape index (κ2) is 6.39. The van der Waals surface area contributed by atoms with E-state index in [4.69, 9.17) is 9.47 Å². The molecule has 2 heterocycles. The monoisotopic (exact) mass is 327 g/mol. The van der Waals surface area contributed by atoms with Crippen molar-refractivity contribution in [1.82, 2.24) is 9.78 Å². The molecule has 0 bridgehead atoms. The van der Waals surface area contributed by atoms with Gasteiger partial charge in [0.2, 0.25) is 5.91 Å². The summed E-state index contributed by atoms with van der Waals surface area (Å²) in [7, 11) is 3.44. The van der Waals surface area contributed by atoms with Crippen molar-refractivity contribution >= 4 is 11.7 Å². The molecular formula is C18H21N3O3. The van der Waals surface area contributed by atoms with Gasteiger partial charge in [-0.25, -0.2) is 0 Å². The maximum atomic E-state index is 12.1. The smallest absolute Gasteiger partial charge is 0.226 e. The van der Waals surface area contributed by atoms with Gasteiger partial charge in [-0.15, -0.1) is 0 Å². The van der Waals surface area contributed by atoms with Crippen LogP contribution < -0.4 is 14.8 Å². The van der Waals surface area contributed by atoms with Crippen molar-refractivity contribution in [3.8, 4) is 11.5 Å². The average Bonchev–Trinajstić information content (AvgIpc) is 2.86. The van der Waals surface area contributed by atoms with Crippen molar-refractivity contribution in [2.24, 2.45) is 7.05 Å². The van der Waals surface area contributed by atoms with Crippen LogP contribution in [-0.2, 0) is 11.8 Å². The molecule has 0 radical (unpaired) electrons. The zero-order valence-electron chi connectivity index (χ0n) is 14.1. The number of nitrogens with one attached hydrogen (secondary N) is 1. The summed E-state index contributed by atoms with van der Waals surface area (Å²) in [5.41, 5.74) is 2.98. The topological polar surface area (TPSA) is 65.4 Å². The molecule has 1 aromatic carbocycles. The Morgan fingerprint density at radius 1 is 1.46 bits per heavy atom. The molecular weight excluding hydrogens is 306 g/mol. The van der Waals surface area contributed by atoms with E-state index in [0.717, 1.165) is 22.6 Å². The summed E-state index contributed by atoms with van der Waals surface area (Å²) in [5.74, 6) is 2.00. The van der Waals surface area contributed by atoms with Gasteiger partial charge in [0, 0.05) is 24.9 Å². The minimum atomic E-state index is -0.0511. The number of nitrogens with zero attached hydrogens (tertiary/aromatic N) is 2. The third-order valence-electron chi connectivity index (χ3n) is 4.21. The van der Waals surface area contributed by atoms with Crippen molar-refractivity contribution < 1.29 is 14.3 Å². The fourth-order valence-corrected chi connectivity index (χ4v) is 3.16. The van der Waals surface area contributed by atoms with Gasteiger partial charge in [0.25, 0.3) is 0 Å². The highest BCUT2D eigenvalue weighted by atomic mass is 16.5. The van der Waals surface area contributed by atoms with Crippen LogP contribution in [0.3, 0.4) is 0 Å². The SMILES string of the molecule is C=CCOc1ccc([C@@H]2CC(=O)Nc3c2c(C)nn3C)cc1OC. The molecule has 1 atom stereocenters. The predicted octanol–water partition coefficient (Wildman–Crippen LogP) is 2.78. The average molecular weight is 327 g/mol. The summed E-state index contributed by atoms with van der Waals surface area (Å²) in [6.45, 7) is 6.02. The number of carbonyl (C=O) groups is 1. The van der Waals surface area contributed by atoms with Crippen LogP contribution in [0.25, 0.3) is 0 Å². The molecule has 1 amide bonds. The molecule has 1 aliphatic heterocycles. The maximum absolute atomic E-state index is 12.1. The van der Waals surface area contributed by atoms with Gasteiger partial charge in [0.15, 0.2) is 11.5 Å². The molecule has 2 aromatic rings. The lowest BCUT2D eigenvalue weighted by molar-refractivity contribution is -0.116. The second-order valence-electron chi connectivity index (χ2n) is 5.79. The minimum absolute atomic E-state index is 0.0125. The highest BCUT2D eigenvalue weighted by Gasteiger charge is 2.31. The lowest BCUT2D eigenvalue weighted by Crippen LogP contribution is -2.24. The number of benzene rings is 1. The zero-order valence-corrected chi connectivity index (χ0v) is 14.1. The Hall–Kier alpha value is -2.76. The number of hydrogen-bond acceptors (Lipinski definition) is 4. The van der Waals surface area contributed by atoms with Crippen LogP contribution in [0.2, 0.25) is 0 Å². The molecule has 0 unspecified atom stereocenters. The summed E-state index contributed by atoms with van der Waals surface area (Å²) in [4.78, 5) is 12.1. The number of hydrogen-bond donors (Lipinski definition) is 1. The molecule has 24 heavy (non-hydrogen) atoms. The van der Waals surface area contributed by atoms with Gasteiger partial charge in [-0.3, -0.25) is 9.48 Å². The van der Waals surface area contributed by atoms with Crippen molar-refractivity contribution in [1.29, 1.82) is 0 Å². The lowest BCUT2D eigenvalue weighted by Gasteiger charge is -2.24. The predicted molar refractivity (Wildman–Crippen MR) is 91.7 cm³/mol. The van der Waals surface area contributed by atoms with Gasteiger partial charge in [0.05, 0.1) is 12.8 Å². The summed E-state index contributed by atoms with van der Waals surface area (Å²) in [5, 5.41) is 7.35. The van der Waals surface area contributed by atoms with Crippen LogP contribution in [0.15, 0.2) is 30.9 Å². The van der Waals surface area contributed by atoms with E-state index < -0.39 is 0 Å². The van der Waals surface area contributed by atoms with Gasteiger partial charge in [-0.1, -0.05) is 18.7 Å². The highest BCUT2D eigenvalue weighted by Crippen LogP contribution is 2.41.